The Bertz CT molecular complexity index is 593. The molecule has 0 aromatic heterocycles. The van der Waals surface area contributed by atoms with Crippen LogP contribution in [0.15, 0.2) is 29.2 Å². The maximum atomic E-state index is 11.8. The number of benzene rings is 1. The molecule has 2 rings (SSSR count). The van der Waals surface area contributed by atoms with Gasteiger partial charge in [-0.2, -0.15) is 0 Å². The molecule has 0 spiro atoms. The summed E-state index contributed by atoms with van der Waals surface area (Å²) in [4.78, 5) is 11.8. The molecule has 0 atom stereocenters. The Morgan fingerprint density at radius 3 is 2.36 bits per heavy atom. The van der Waals surface area contributed by atoms with Crippen LogP contribution in [0.5, 0.6) is 0 Å². The summed E-state index contributed by atoms with van der Waals surface area (Å²) >= 11 is 0. The number of sulfonamides is 1. The van der Waals surface area contributed by atoms with Gasteiger partial charge in [0.15, 0.2) is 0 Å². The third-order valence-electron chi connectivity index (χ3n) is 4.00. The van der Waals surface area contributed by atoms with Crippen molar-refractivity contribution in [2.45, 2.75) is 43.4 Å². The second-order valence-corrected chi connectivity index (χ2v) is 7.30. The minimum atomic E-state index is -3.70. The van der Waals surface area contributed by atoms with Crippen LogP contribution in [0.4, 0.5) is 10.5 Å². The van der Waals surface area contributed by atoms with Crippen molar-refractivity contribution in [3.8, 4) is 0 Å². The minimum Gasteiger partial charge on any atom is -0.338 e. The molecule has 1 saturated carbocycles. The van der Waals surface area contributed by atoms with Crippen LogP contribution < -0.4 is 15.8 Å². The fourth-order valence-corrected chi connectivity index (χ4v) is 3.28. The van der Waals surface area contributed by atoms with Gasteiger partial charge in [-0.05, 0) is 36.6 Å². The molecule has 2 amide bonds. The van der Waals surface area contributed by atoms with Gasteiger partial charge in [0.2, 0.25) is 10.0 Å². The molecule has 22 heavy (non-hydrogen) atoms. The van der Waals surface area contributed by atoms with Gasteiger partial charge in [-0.1, -0.05) is 32.1 Å². The number of carbonyl (C=O) groups excluding carboxylic acids is 1. The van der Waals surface area contributed by atoms with Crippen molar-refractivity contribution in [2.75, 3.05) is 11.9 Å². The number of hydrogen-bond donors (Lipinski definition) is 3. The zero-order valence-corrected chi connectivity index (χ0v) is 13.4. The Morgan fingerprint density at radius 1 is 1.14 bits per heavy atom. The van der Waals surface area contributed by atoms with Crippen LogP contribution in [-0.4, -0.2) is 21.0 Å². The molecule has 0 bridgehead atoms. The summed E-state index contributed by atoms with van der Waals surface area (Å²) in [5.41, 5.74) is 0.530. The maximum absolute atomic E-state index is 11.8. The number of nitrogens with one attached hydrogen (secondary N) is 2. The van der Waals surface area contributed by atoms with Gasteiger partial charge < -0.3 is 10.6 Å². The van der Waals surface area contributed by atoms with Crippen molar-refractivity contribution < 1.29 is 13.2 Å². The van der Waals surface area contributed by atoms with Crippen molar-refractivity contribution in [2.24, 2.45) is 11.1 Å². The number of nitrogens with two attached hydrogens (primary N) is 1. The molecule has 6 nitrogen and oxygen atoms in total. The molecule has 1 fully saturated rings. The van der Waals surface area contributed by atoms with E-state index < -0.39 is 10.0 Å². The number of anilines is 1. The Balaban J connectivity index is 1.74. The van der Waals surface area contributed by atoms with Crippen LogP contribution in [0, 0.1) is 5.92 Å². The molecule has 0 unspecified atom stereocenters. The summed E-state index contributed by atoms with van der Waals surface area (Å²) < 4.78 is 22.3. The van der Waals surface area contributed by atoms with Crippen LogP contribution in [0.1, 0.15) is 38.5 Å². The minimum absolute atomic E-state index is 0.0238. The Labute approximate surface area is 131 Å². The molecule has 0 radical (unpaired) electrons. The molecule has 122 valence electrons. The smallest absolute Gasteiger partial charge is 0.319 e. The van der Waals surface area contributed by atoms with Gasteiger partial charge in [0.25, 0.3) is 0 Å². The monoisotopic (exact) mass is 325 g/mol. The maximum Gasteiger partial charge on any atom is 0.319 e. The third kappa shape index (κ3) is 5.31. The van der Waals surface area contributed by atoms with Crippen molar-refractivity contribution in [1.82, 2.24) is 5.32 Å². The second-order valence-electron chi connectivity index (χ2n) is 5.74. The van der Waals surface area contributed by atoms with E-state index in [9.17, 15) is 13.2 Å². The molecular weight excluding hydrogens is 302 g/mol. The van der Waals surface area contributed by atoms with Crippen molar-refractivity contribution in [3.05, 3.63) is 24.3 Å². The van der Waals surface area contributed by atoms with Gasteiger partial charge in [0.05, 0.1) is 4.90 Å². The number of hydrogen-bond acceptors (Lipinski definition) is 3. The summed E-state index contributed by atoms with van der Waals surface area (Å²) in [6.07, 6.45) is 7.47. The topological polar surface area (TPSA) is 101 Å². The normalized spacial score (nSPS) is 16.2. The van der Waals surface area contributed by atoms with Crippen LogP contribution in [0.3, 0.4) is 0 Å². The Morgan fingerprint density at radius 2 is 1.77 bits per heavy atom. The van der Waals surface area contributed by atoms with E-state index in [1.165, 1.54) is 56.4 Å². The number of carbonyl (C=O) groups is 1. The number of urea groups is 1. The van der Waals surface area contributed by atoms with Gasteiger partial charge in [0, 0.05) is 12.2 Å². The molecule has 4 N–H and O–H groups in total. The molecule has 1 aromatic rings. The summed E-state index contributed by atoms with van der Waals surface area (Å²) in [6, 6.07) is 5.49. The molecule has 1 aliphatic rings. The molecule has 0 saturated heterocycles. The van der Waals surface area contributed by atoms with E-state index in [-0.39, 0.29) is 10.9 Å². The van der Waals surface area contributed by atoms with E-state index in [1.54, 1.807) is 0 Å². The fraction of sp³-hybridized carbons (Fsp3) is 0.533. The van der Waals surface area contributed by atoms with Crippen molar-refractivity contribution in [3.63, 3.8) is 0 Å². The zero-order chi connectivity index (χ0) is 16.0. The van der Waals surface area contributed by atoms with Gasteiger partial charge in [-0.25, -0.2) is 18.4 Å². The van der Waals surface area contributed by atoms with E-state index in [0.717, 1.165) is 12.3 Å². The quantitative estimate of drug-likeness (QED) is 0.775. The lowest BCUT2D eigenvalue weighted by molar-refractivity contribution is 0.250. The first-order valence-electron chi connectivity index (χ1n) is 7.63. The molecule has 1 aliphatic carbocycles. The summed E-state index contributed by atoms with van der Waals surface area (Å²) in [6.45, 7) is 0.658. The van der Waals surface area contributed by atoms with E-state index in [1.807, 2.05) is 0 Å². The van der Waals surface area contributed by atoms with Gasteiger partial charge in [-0.15, -0.1) is 0 Å². The average Bonchev–Trinajstić information content (AvgIpc) is 2.48. The number of primary sulfonamides is 1. The largest absolute Gasteiger partial charge is 0.338 e. The third-order valence-corrected chi connectivity index (χ3v) is 4.93. The second kappa shape index (κ2) is 7.60. The van der Waals surface area contributed by atoms with E-state index in [2.05, 4.69) is 10.6 Å². The summed E-state index contributed by atoms with van der Waals surface area (Å²) in [7, 11) is -3.70. The van der Waals surface area contributed by atoms with Crippen LogP contribution in [0.25, 0.3) is 0 Å². The average molecular weight is 325 g/mol. The van der Waals surface area contributed by atoms with Gasteiger partial charge in [0.1, 0.15) is 0 Å². The fourth-order valence-electron chi connectivity index (χ4n) is 2.77. The number of rotatable bonds is 5. The highest BCUT2D eigenvalue weighted by Crippen LogP contribution is 2.25. The van der Waals surface area contributed by atoms with Crippen molar-refractivity contribution in [1.29, 1.82) is 0 Å². The highest BCUT2D eigenvalue weighted by Gasteiger charge is 2.13. The molecule has 0 aliphatic heterocycles. The lowest BCUT2D eigenvalue weighted by Gasteiger charge is -2.21. The Kier molecular flexibility index (Phi) is 5.79. The van der Waals surface area contributed by atoms with Crippen LogP contribution in [0.2, 0.25) is 0 Å². The van der Waals surface area contributed by atoms with E-state index in [0.29, 0.717) is 12.2 Å². The van der Waals surface area contributed by atoms with Gasteiger partial charge >= 0.3 is 6.03 Å². The molecule has 7 heteroatoms. The summed E-state index contributed by atoms with van der Waals surface area (Å²) in [5, 5.41) is 10.5. The van der Waals surface area contributed by atoms with E-state index in [4.69, 9.17) is 5.14 Å². The molecule has 1 aromatic carbocycles. The lowest BCUT2D eigenvalue weighted by Crippen LogP contribution is -2.30. The first-order chi connectivity index (χ1) is 10.4. The Hall–Kier alpha value is -1.60. The standard InChI is InChI=1S/C15H23N3O3S/c16-22(20,21)14-8-6-13(7-9-14)18-15(19)17-11-10-12-4-2-1-3-5-12/h6-9,12H,1-5,10-11H2,(H2,16,20,21)(H2,17,18,19). The highest BCUT2D eigenvalue weighted by atomic mass is 32.2. The summed E-state index contributed by atoms with van der Waals surface area (Å²) in [5.74, 6) is 0.725. The first kappa shape index (κ1) is 16.8. The van der Waals surface area contributed by atoms with Gasteiger partial charge in [-0.3, -0.25) is 0 Å². The first-order valence-corrected chi connectivity index (χ1v) is 9.17. The SMILES string of the molecule is NS(=O)(=O)c1ccc(NC(=O)NCCC2CCCCC2)cc1. The predicted molar refractivity (Wildman–Crippen MR) is 86.0 cm³/mol. The van der Waals surface area contributed by atoms with Crippen molar-refractivity contribution >= 4 is 21.7 Å². The van der Waals surface area contributed by atoms with Crippen LogP contribution >= 0.6 is 0 Å². The van der Waals surface area contributed by atoms with Crippen LogP contribution in [-0.2, 0) is 10.0 Å². The zero-order valence-electron chi connectivity index (χ0n) is 12.5. The molecular formula is C15H23N3O3S. The van der Waals surface area contributed by atoms with E-state index >= 15 is 0 Å². The highest BCUT2D eigenvalue weighted by molar-refractivity contribution is 7.89. The lowest BCUT2D eigenvalue weighted by atomic mass is 9.87. The molecule has 0 heterocycles. The predicted octanol–water partition coefficient (Wildman–Crippen LogP) is 2.43. The number of amides is 2.